The Morgan fingerprint density at radius 1 is 1.28 bits per heavy atom. The monoisotopic (exact) mass is 249 g/mol. The van der Waals surface area contributed by atoms with Crippen LogP contribution in [0.25, 0.3) is 0 Å². The minimum absolute atomic E-state index is 0.0611. The average Bonchev–Trinajstić information content (AvgIpc) is 3.07. The Morgan fingerprint density at radius 2 is 1.83 bits per heavy atom. The minimum Gasteiger partial charge on any atom is -0.475 e. The van der Waals surface area contributed by atoms with E-state index < -0.39 is 5.97 Å². The van der Waals surface area contributed by atoms with Gasteiger partial charge < -0.3 is 9.52 Å². The van der Waals surface area contributed by atoms with E-state index in [2.05, 4.69) is 32.7 Å². The molecule has 0 spiro atoms. The van der Waals surface area contributed by atoms with E-state index in [1.165, 1.54) is 0 Å². The largest absolute Gasteiger partial charge is 0.475 e. The van der Waals surface area contributed by atoms with Crippen molar-refractivity contribution in [1.82, 2.24) is 4.98 Å². The molecule has 0 unspecified atom stereocenters. The number of nitrogens with zero attached hydrogens (tertiary/aromatic N) is 1. The first-order valence-corrected chi connectivity index (χ1v) is 6.50. The first kappa shape index (κ1) is 11.8. The van der Waals surface area contributed by atoms with Gasteiger partial charge in [-0.25, -0.2) is 9.78 Å². The van der Waals surface area contributed by atoms with E-state index >= 15 is 0 Å². The van der Waals surface area contributed by atoms with Crippen LogP contribution in [-0.2, 0) is 0 Å². The van der Waals surface area contributed by atoms with Gasteiger partial charge in [-0.2, -0.15) is 0 Å². The molecular formula is C14H19NO3. The Morgan fingerprint density at radius 3 is 2.22 bits per heavy atom. The van der Waals surface area contributed by atoms with E-state index in [0.717, 1.165) is 12.8 Å². The van der Waals surface area contributed by atoms with Crippen molar-refractivity contribution in [3.8, 4) is 0 Å². The molecule has 3 rings (SSSR count). The molecule has 98 valence electrons. The molecule has 0 amide bonds. The van der Waals surface area contributed by atoms with Crippen LogP contribution in [-0.4, -0.2) is 16.1 Å². The molecule has 2 fully saturated rings. The molecule has 0 bridgehead atoms. The van der Waals surface area contributed by atoms with Crippen molar-refractivity contribution in [3.63, 3.8) is 0 Å². The van der Waals surface area contributed by atoms with Crippen LogP contribution in [0.2, 0.25) is 0 Å². The van der Waals surface area contributed by atoms with Crippen molar-refractivity contribution in [2.75, 3.05) is 0 Å². The number of aromatic carboxylic acids is 1. The predicted molar refractivity (Wildman–Crippen MR) is 65.7 cm³/mol. The lowest BCUT2D eigenvalue weighted by molar-refractivity contribution is 0.0658. The summed E-state index contributed by atoms with van der Waals surface area (Å²) in [6.45, 7) is 8.72. The van der Waals surface area contributed by atoms with Crippen LogP contribution in [0.3, 0.4) is 0 Å². The van der Waals surface area contributed by atoms with Gasteiger partial charge in [-0.05, 0) is 23.7 Å². The quantitative estimate of drug-likeness (QED) is 0.891. The van der Waals surface area contributed by atoms with Crippen LogP contribution in [0.5, 0.6) is 0 Å². The normalized spacial score (nSPS) is 25.1. The van der Waals surface area contributed by atoms with Crippen LogP contribution in [0.4, 0.5) is 0 Å². The van der Waals surface area contributed by atoms with Crippen molar-refractivity contribution in [3.05, 3.63) is 17.3 Å². The summed E-state index contributed by atoms with van der Waals surface area (Å²) in [6, 6.07) is 0. The van der Waals surface area contributed by atoms with E-state index in [9.17, 15) is 9.90 Å². The van der Waals surface area contributed by atoms with Crippen LogP contribution in [0, 0.1) is 10.8 Å². The number of carboxylic acid groups (broad SMARTS) is 1. The molecule has 0 atom stereocenters. The zero-order chi connectivity index (χ0) is 13.3. The van der Waals surface area contributed by atoms with Crippen molar-refractivity contribution in [2.45, 2.75) is 52.4 Å². The molecule has 0 aromatic carbocycles. The molecule has 2 aliphatic carbocycles. The Labute approximate surface area is 106 Å². The van der Waals surface area contributed by atoms with E-state index in [-0.39, 0.29) is 22.5 Å². The van der Waals surface area contributed by atoms with Gasteiger partial charge in [0.2, 0.25) is 5.76 Å². The minimum atomic E-state index is -0.994. The molecule has 2 aliphatic rings. The molecule has 1 N–H and O–H groups in total. The van der Waals surface area contributed by atoms with Gasteiger partial charge in [-0.15, -0.1) is 0 Å². The maximum atomic E-state index is 11.2. The predicted octanol–water partition coefficient (Wildman–Crippen LogP) is 3.40. The van der Waals surface area contributed by atoms with Gasteiger partial charge in [-0.3, -0.25) is 0 Å². The molecule has 2 saturated carbocycles. The Hall–Kier alpha value is -1.32. The van der Waals surface area contributed by atoms with Crippen LogP contribution in [0.1, 0.15) is 74.5 Å². The Balaban J connectivity index is 2.00. The summed E-state index contributed by atoms with van der Waals surface area (Å²) in [4.78, 5) is 15.7. The molecule has 18 heavy (non-hydrogen) atoms. The number of hydrogen-bond donors (Lipinski definition) is 1. The fourth-order valence-electron chi connectivity index (χ4n) is 3.07. The Bertz CT molecular complexity index is 509. The zero-order valence-corrected chi connectivity index (χ0v) is 11.3. The van der Waals surface area contributed by atoms with Gasteiger partial charge in [0.25, 0.3) is 0 Å². The highest BCUT2D eigenvalue weighted by atomic mass is 16.4. The number of carbonyl (C=O) groups is 1. The van der Waals surface area contributed by atoms with Gasteiger partial charge >= 0.3 is 5.97 Å². The number of rotatable bonds is 3. The molecule has 0 saturated heterocycles. The van der Waals surface area contributed by atoms with E-state index in [4.69, 9.17) is 4.42 Å². The van der Waals surface area contributed by atoms with E-state index in [1.807, 2.05) is 0 Å². The topological polar surface area (TPSA) is 63.3 Å². The molecular weight excluding hydrogens is 230 g/mol. The molecule has 4 nitrogen and oxygen atoms in total. The molecule has 0 radical (unpaired) electrons. The average molecular weight is 249 g/mol. The van der Waals surface area contributed by atoms with Gasteiger partial charge in [0.15, 0.2) is 5.89 Å². The van der Waals surface area contributed by atoms with Crippen molar-refractivity contribution >= 4 is 5.97 Å². The molecule has 1 heterocycles. The summed E-state index contributed by atoms with van der Waals surface area (Å²) in [7, 11) is 0. The third-order valence-electron chi connectivity index (χ3n) is 5.10. The number of hydrogen-bond acceptors (Lipinski definition) is 3. The first-order valence-electron chi connectivity index (χ1n) is 6.50. The third kappa shape index (κ3) is 1.38. The van der Waals surface area contributed by atoms with E-state index in [1.54, 1.807) is 0 Å². The smallest absolute Gasteiger partial charge is 0.373 e. The third-order valence-corrected chi connectivity index (χ3v) is 5.10. The summed E-state index contributed by atoms with van der Waals surface area (Å²) in [5, 5.41) is 9.18. The van der Waals surface area contributed by atoms with Gasteiger partial charge in [0.05, 0.1) is 5.69 Å². The fraction of sp³-hybridized carbons (Fsp3) is 0.714. The van der Waals surface area contributed by atoms with Gasteiger partial charge in [0.1, 0.15) is 0 Å². The van der Waals surface area contributed by atoms with Gasteiger partial charge in [0, 0.05) is 11.8 Å². The van der Waals surface area contributed by atoms with Crippen molar-refractivity contribution < 1.29 is 14.3 Å². The number of carboxylic acids is 1. The van der Waals surface area contributed by atoms with Crippen LogP contribution >= 0.6 is 0 Å². The number of aromatic nitrogens is 1. The standard InChI is InChI=1S/C14H19NO3/c1-13(2)10(14(13,3)4)11-15-8(7-5-6-7)9(18-11)12(16)17/h7,10H,5-6H2,1-4H3,(H,16,17). The van der Waals surface area contributed by atoms with Crippen LogP contribution in [0.15, 0.2) is 4.42 Å². The zero-order valence-electron chi connectivity index (χ0n) is 11.3. The second kappa shape index (κ2) is 3.16. The lowest BCUT2D eigenvalue weighted by atomic mass is 10.0. The maximum absolute atomic E-state index is 11.2. The Kier molecular flexibility index (Phi) is 2.07. The second-order valence-electron chi connectivity index (χ2n) is 6.72. The maximum Gasteiger partial charge on any atom is 0.373 e. The van der Waals surface area contributed by atoms with Gasteiger partial charge in [-0.1, -0.05) is 27.7 Å². The summed E-state index contributed by atoms with van der Waals surface area (Å²) in [5.41, 5.74) is 0.902. The lowest BCUT2D eigenvalue weighted by Crippen LogP contribution is -1.98. The molecule has 4 heteroatoms. The van der Waals surface area contributed by atoms with E-state index in [0.29, 0.717) is 17.5 Å². The summed E-state index contributed by atoms with van der Waals surface area (Å²) in [5.74, 6) is 0.205. The highest BCUT2D eigenvalue weighted by Gasteiger charge is 2.67. The fourth-order valence-corrected chi connectivity index (χ4v) is 3.07. The summed E-state index contributed by atoms with van der Waals surface area (Å²) < 4.78 is 5.56. The highest BCUT2D eigenvalue weighted by molar-refractivity contribution is 5.86. The van der Waals surface area contributed by atoms with Crippen molar-refractivity contribution in [1.29, 1.82) is 0 Å². The summed E-state index contributed by atoms with van der Waals surface area (Å²) >= 11 is 0. The lowest BCUT2D eigenvalue weighted by Gasteiger charge is -2.03. The van der Waals surface area contributed by atoms with Crippen molar-refractivity contribution in [2.24, 2.45) is 10.8 Å². The number of oxazole rings is 1. The molecule has 0 aliphatic heterocycles. The molecule has 1 aromatic heterocycles. The second-order valence-corrected chi connectivity index (χ2v) is 6.72. The first-order chi connectivity index (χ1) is 8.26. The SMILES string of the molecule is CC1(C)C(c2nc(C3CC3)c(C(=O)O)o2)C1(C)C. The molecule has 1 aromatic rings. The highest BCUT2D eigenvalue weighted by Crippen LogP contribution is 2.73. The summed E-state index contributed by atoms with van der Waals surface area (Å²) in [6.07, 6.45) is 2.06. The van der Waals surface area contributed by atoms with Crippen LogP contribution < -0.4 is 0 Å².